The van der Waals surface area contributed by atoms with Crippen molar-refractivity contribution in [2.24, 2.45) is 4.99 Å². The van der Waals surface area contributed by atoms with Crippen molar-refractivity contribution in [3.63, 3.8) is 0 Å². The summed E-state index contributed by atoms with van der Waals surface area (Å²) in [6.45, 7) is 5.74. The normalized spacial score (nSPS) is 12.8. The standard InChI is InChI=1S/C18H17F4NO/c1-17(2,3)13-6-4-5-11(16(13)24)10-23-15-9-12(18(20,21)22)7-8-14(15)19/h4-10,24H,1-3H3. The monoisotopic (exact) mass is 339 g/mol. The van der Waals surface area contributed by atoms with Gasteiger partial charge in [0, 0.05) is 11.8 Å². The van der Waals surface area contributed by atoms with Crippen LogP contribution in [0.2, 0.25) is 0 Å². The zero-order chi connectivity index (χ0) is 18.1. The number of hydrogen-bond donors (Lipinski definition) is 1. The van der Waals surface area contributed by atoms with Crippen molar-refractivity contribution < 1.29 is 22.7 Å². The van der Waals surface area contributed by atoms with Gasteiger partial charge in [-0.1, -0.05) is 32.9 Å². The first-order valence-electron chi connectivity index (χ1n) is 7.23. The van der Waals surface area contributed by atoms with Gasteiger partial charge in [-0.15, -0.1) is 0 Å². The fourth-order valence-corrected chi connectivity index (χ4v) is 2.20. The van der Waals surface area contributed by atoms with E-state index in [2.05, 4.69) is 4.99 Å². The van der Waals surface area contributed by atoms with Crippen LogP contribution in [0.5, 0.6) is 5.75 Å². The highest BCUT2D eigenvalue weighted by Crippen LogP contribution is 2.34. The van der Waals surface area contributed by atoms with E-state index >= 15 is 0 Å². The van der Waals surface area contributed by atoms with Gasteiger partial charge in [0.05, 0.1) is 11.3 Å². The molecule has 0 heterocycles. The molecule has 2 nitrogen and oxygen atoms in total. The van der Waals surface area contributed by atoms with Crippen LogP contribution in [0.1, 0.15) is 37.5 Å². The molecule has 0 unspecified atom stereocenters. The highest BCUT2D eigenvalue weighted by Gasteiger charge is 2.31. The average Bonchev–Trinajstić information content (AvgIpc) is 2.45. The van der Waals surface area contributed by atoms with Crippen LogP contribution in [-0.2, 0) is 11.6 Å². The summed E-state index contributed by atoms with van der Waals surface area (Å²) >= 11 is 0. The van der Waals surface area contributed by atoms with Crippen LogP contribution < -0.4 is 0 Å². The lowest BCUT2D eigenvalue weighted by molar-refractivity contribution is -0.137. The number of para-hydroxylation sites is 1. The van der Waals surface area contributed by atoms with Crippen molar-refractivity contribution in [2.45, 2.75) is 32.4 Å². The molecule has 24 heavy (non-hydrogen) atoms. The molecule has 0 fully saturated rings. The molecule has 2 rings (SSSR count). The minimum atomic E-state index is -4.58. The van der Waals surface area contributed by atoms with E-state index in [-0.39, 0.29) is 11.2 Å². The van der Waals surface area contributed by atoms with Crippen molar-refractivity contribution in [2.75, 3.05) is 0 Å². The maximum Gasteiger partial charge on any atom is 0.416 e. The van der Waals surface area contributed by atoms with E-state index in [1.165, 1.54) is 0 Å². The van der Waals surface area contributed by atoms with Gasteiger partial charge in [-0.25, -0.2) is 4.39 Å². The minimum absolute atomic E-state index is 0.0267. The number of phenols is 1. The molecule has 0 amide bonds. The number of hydrogen-bond acceptors (Lipinski definition) is 2. The first-order valence-corrected chi connectivity index (χ1v) is 7.23. The first-order chi connectivity index (χ1) is 11.0. The van der Waals surface area contributed by atoms with Gasteiger partial charge in [0.1, 0.15) is 11.6 Å². The predicted octanol–water partition coefficient (Wildman–Crippen LogP) is 5.60. The molecule has 0 atom stereocenters. The summed E-state index contributed by atoms with van der Waals surface area (Å²) in [5.41, 5.74) is -0.778. The smallest absolute Gasteiger partial charge is 0.416 e. The van der Waals surface area contributed by atoms with Crippen molar-refractivity contribution in [1.29, 1.82) is 0 Å². The lowest BCUT2D eigenvalue weighted by atomic mass is 9.85. The Morgan fingerprint density at radius 1 is 1.04 bits per heavy atom. The van der Waals surface area contributed by atoms with Crippen LogP contribution in [0, 0.1) is 5.82 Å². The van der Waals surface area contributed by atoms with Gasteiger partial charge in [0.25, 0.3) is 0 Å². The Labute approximate surface area is 137 Å². The summed E-state index contributed by atoms with van der Waals surface area (Å²) in [5, 5.41) is 10.3. The van der Waals surface area contributed by atoms with Crippen LogP contribution in [0.3, 0.4) is 0 Å². The minimum Gasteiger partial charge on any atom is -0.507 e. The van der Waals surface area contributed by atoms with Gasteiger partial charge in [0.2, 0.25) is 0 Å². The quantitative estimate of drug-likeness (QED) is 0.561. The molecule has 0 aliphatic carbocycles. The number of halogens is 4. The second-order valence-electron chi connectivity index (χ2n) is 6.42. The number of aliphatic imine (C=N–C) groups is 1. The fraction of sp³-hybridized carbons (Fsp3) is 0.278. The van der Waals surface area contributed by atoms with E-state index in [4.69, 9.17) is 0 Å². The maximum absolute atomic E-state index is 13.7. The number of benzene rings is 2. The molecule has 0 saturated heterocycles. The second-order valence-corrected chi connectivity index (χ2v) is 6.42. The molecular weight excluding hydrogens is 322 g/mol. The summed E-state index contributed by atoms with van der Waals surface area (Å²) < 4.78 is 51.8. The van der Waals surface area contributed by atoms with Gasteiger partial charge in [-0.3, -0.25) is 4.99 Å². The molecule has 0 radical (unpaired) electrons. The third kappa shape index (κ3) is 3.93. The summed E-state index contributed by atoms with van der Waals surface area (Å²) in [5.74, 6) is -0.896. The third-order valence-electron chi connectivity index (χ3n) is 3.49. The van der Waals surface area contributed by atoms with Crippen molar-refractivity contribution in [3.8, 4) is 5.75 Å². The van der Waals surface area contributed by atoms with E-state index < -0.39 is 23.2 Å². The number of alkyl halides is 3. The van der Waals surface area contributed by atoms with Crippen LogP contribution in [0.4, 0.5) is 23.2 Å². The molecule has 0 aromatic heterocycles. The van der Waals surface area contributed by atoms with Gasteiger partial charge >= 0.3 is 6.18 Å². The van der Waals surface area contributed by atoms with Gasteiger partial charge < -0.3 is 5.11 Å². The van der Waals surface area contributed by atoms with Crippen LogP contribution in [0.15, 0.2) is 41.4 Å². The highest BCUT2D eigenvalue weighted by molar-refractivity contribution is 5.86. The molecule has 0 saturated carbocycles. The predicted molar refractivity (Wildman–Crippen MR) is 85.5 cm³/mol. The SMILES string of the molecule is CC(C)(C)c1cccc(C=Nc2cc(C(F)(F)F)ccc2F)c1O. The number of phenolic OH excluding ortho intramolecular Hbond substituents is 1. The molecule has 0 aliphatic rings. The lowest BCUT2D eigenvalue weighted by Gasteiger charge is -2.21. The molecule has 128 valence electrons. The Hall–Kier alpha value is -2.37. The second kappa shape index (κ2) is 6.26. The van der Waals surface area contributed by atoms with Gasteiger partial charge in [0.15, 0.2) is 0 Å². The Morgan fingerprint density at radius 2 is 1.71 bits per heavy atom. The molecule has 0 spiro atoms. The van der Waals surface area contributed by atoms with E-state index in [0.29, 0.717) is 23.3 Å². The zero-order valence-electron chi connectivity index (χ0n) is 13.4. The molecule has 0 bridgehead atoms. The molecule has 2 aromatic carbocycles. The number of rotatable bonds is 2. The summed E-state index contributed by atoms with van der Waals surface area (Å²) in [6.07, 6.45) is -3.42. The van der Waals surface area contributed by atoms with E-state index in [0.717, 1.165) is 12.3 Å². The molecule has 1 N–H and O–H groups in total. The van der Waals surface area contributed by atoms with E-state index in [9.17, 15) is 22.7 Å². The van der Waals surface area contributed by atoms with Crippen molar-refractivity contribution in [3.05, 3.63) is 58.9 Å². The molecule has 6 heteroatoms. The Balaban J connectivity index is 2.42. The topological polar surface area (TPSA) is 32.6 Å². The van der Waals surface area contributed by atoms with Gasteiger partial charge in [-0.2, -0.15) is 13.2 Å². The van der Waals surface area contributed by atoms with E-state index in [1.54, 1.807) is 18.2 Å². The fourth-order valence-electron chi connectivity index (χ4n) is 2.20. The maximum atomic E-state index is 13.7. The van der Waals surface area contributed by atoms with Crippen LogP contribution in [0.25, 0.3) is 0 Å². The highest BCUT2D eigenvalue weighted by atomic mass is 19.4. The summed E-state index contributed by atoms with van der Waals surface area (Å²) in [7, 11) is 0. The summed E-state index contributed by atoms with van der Waals surface area (Å²) in [6, 6.07) is 7.02. The van der Waals surface area contributed by atoms with E-state index in [1.807, 2.05) is 20.8 Å². The summed E-state index contributed by atoms with van der Waals surface area (Å²) in [4.78, 5) is 3.77. The lowest BCUT2D eigenvalue weighted by Crippen LogP contribution is -2.11. The zero-order valence-corrected chi connectivity index (χ0v) is 13.4. The Morgan fingerprint density at radius 3 is 2.29 bits per heavy atom. The molecular formula is C18H17F4NO. The molecule has 0 aliphatic heterocycles. The van der Waals surface area contributed by atoms with Crippen LogP contribution in [-0.4, -0.2) is 11.3 Å². The third-order valence-corrected chi connectivity index (χ3v) is 3.49. The van der Waals surface area contributed by atoms with Crippen molar-refractivity contribution in [1.82, 2.24) is 0 Å². The Kier molecular flexibility index (Phi) is 4.69. The molecule has 2 aromatic rings. The van der Waals surface area contributed by atoms with Gasteiger partial charge in [-0.05, 0) is 35.2 Å². The number of aromatic hydroxyl groups is 1. The first kappa shape index (κ1) is 18.0. The number of nitrogens with zero attached hydrogens (tertiary/aromatic N) is 1. The van der Waals surface area contributed by atoms with Crippen LogP contribution >= 0.6 is 0 Å². The largest absolute Gasteiger partial charge is 0.507 e. The average molecular weight is 339 g/mol. The Bertz CT molecular complexity index is 770. The van der Waals surface area contributed by atoms with Crippen molar-refractivity contribution >= 4 is 11.9 Å².